The van der Waals surface area contributed by atoms with E-state index >= 15 is 0 Å². The first kappa shape index (κ1) is 20.6. The lowest BCUT2D eigenvalue weighted by Crippen LogP contribution is -2.44. The van der Waals surface area contributed by atoms with Crippen molar-refractivity contribution in [2.45, 2.75) is 10.9 Å². The van der Waals surface area contributed by atoms with Crippen molar-refractivity contribution in [3.8, 4) is 5.75 Å². The second-order valence-electron chi connectivity index (χ2n) is 4.44. The average molecular weight is 353 g/mol. The van der Waals surface area contributed by atoms with Crippen LogP contribution in [-0.2, 0) is 19.4 Å². The highest BCUT2D eigenvalue weighted by Gasteiger charge is 2.12. The first-order chi connectivity index (χ1) is 9.84. The predicted molar refractivity (Wildman–Crippen MR) is 85.2 cm³/mol. The number of benzene rings is 1. The van der Waals surface area contributed by atoms with E-state index in [2.05, 4.69) is 5.32 Å². The van der Waals surface area contributed by atoms with Crippen molar-refractivity contribution in [2.24, 2.45) is 5.73 Å². The normalized spacial score (nSPS) is 12.1. The van der Waals surface area contributed by atoms with E-state index in [-0.39, 0.29) is 36.4 Å². The topological polar surface area (TPSA) is 108 Å². The molecular weight excluding hydrogens is 332 g/mol. The molecule has 3 N–H and O–H groups in total. The standard InChI is InChI=1S/C13H20N2O5S.ClH/c1-19-9-12(14)13(16)15-7-8-20-10-3-5-11(6-4-10)21(2,17)18;/h3-6,12H,7-9,14H2,1-2H3,(H,15,16);1H. The molecule has 0 fully saturated rings. The number of halogens is 1. The summed E-state index contributed by atoms with van der Waals surface area (Å²) < 4.78 is 32.7. The van der Waals surface area contributed by atoms with Gasteiger partial charge in [0.2, 0.25) is 5.91 Å². The number of hydrogen-bond acceptors (Lipinski definition) is 6. The van der Waals surface area contributed by atoms with E-state index in [1.807, 2.05) is 0 Å². The Hall–Kier alpha value is -1.35. The molecule has 0 spiro atoms. The van der Waals surface area contributed by atoms with Crippen LogP contribution in [0, 0.1) is 0 Å². The maximum Gasteiger partial charge on any atom is 0.239 e. The first-order valence-corrected chi connectivity index (χ1v) is 8.19. The molecule has 1 aromatic rings. The number of ether oxygens (including phenoxy) is 2. The summed E-state index contributed by atoms with van der Waals surface area (Å²) in [6.45, 7) is 0.702. The average Bonchev–Trinajstić information content (AvgIpc) is 2.43. The summed E-state index contributed by atoms with van der Waals surface area (Å²) in [5.74, 6) is 0.214. The number of nitrogens with one attached hydrogen (secondary N) is 1. The van der Waals surface area contributed by atoms with Crippen molar-refractivity contribution in [2.75, 3.05) is 33.1 Å². The summed E-state index contributed by atoms with van der Waals surface area (Å²) in [5.41, 5.74) is 5.54. The molecule has 1 atom stereocenters. The summed E-state index contributed by atoms with van der Waals surface area (Å²) in [6.07, 6.45) is 1.14. The van der Waals surface area contributed by atoms with Crippen LogP contribution in [0.5, 0.6) is 5.75 Å². The Morgan fingerprint density at radius 3 is 2.41 bits per heavy atom. The molecule has 0 saturated heterocycles. The lowest BCUT2D eigenvalue weighted by molar-refractivity contribution is -0.123. The van der Waals surface area contributed by atoms with Gasteiger partial charge in [-0.25, -0.2) is 8.42 Å². The van der Waals surface area contributed by atoms with Gasteiger partial charge in [0.05, 0.1) is 18.0 Å². The molecule has 0 heterocycles. The van der Waals surface area contributed by atoms with E-state index < -0.39 is 15.9 Å². The molecule has 1 unspecified atom stereocenters. The molecule has 9 heteroatoms. The SMILES string of the molecule is COCC(N)C(=O)NCCOc1ccc(S(C)(=O)=O)cc1.Cl. The minimum atomic E-state index is -3.21. The Balaban J connectivity index is 0.00000441. The lowest BCUT2D eigenvalue weighted by Gasteiger charge is -2.12. The van der Waals surface area contributed by atoms with Gasteiger partial charge in [0.25, 0.3) is 0 Å². The highest BCUT2D eigenvalue weighted by molar-refractivity contribution is 7.90. The van der Waals surface area contributed by atoms with E-state index in [1.54, 1.807) is 12.1 Å². The van der Waals surface area contributed by atoms with Crippen LogP contribution in [0.3, 0.4) is 0 Å². The fourth-order valence-electron chi connectivity index (χ4n) is 1.51. The second-order valence-corrected chi connectivity index (χ2v) is 6.46. The monoisotopic (exact) mass is 352 g/mol. The van der Waals surface area contributed by atoms with Crippen LogP contribution in [0.15, 0.2) is 29.2 Å². The number of amides is 1. The molecule has 7 nitrogen and oxygen atoms in total. The molecule has 22 heavy (non-hydrogen) atoms. The number of nitrogens with two attached hydrogens (primary N) is 1. The summed E-state index contributed by atoms with van der Waals surface area (Å²) in [5, 5.41) is 2.61. The van der Waals surface area contributed by atoms with E-state index in [9.17, 15) is 13.2 Å². The van der Waals surface area contributed by atoms with Gasteiger partial charge >= 0.3 is 0 Å². The maximum absolute atomic E-state index is 11.5. The molecule has 1 rings (SSSR count). The lowest BCUT2D eigenvalue weighted by atomic mass is 10.3. The van der Waals surface area contributed by atoms with Crippen LogP contribution in [0.1, 0.15) is 0 Å². The third kappa shape index (κ3) is 7.08. The number of carbonyl (C=O) groups is 1. The van der Waals surface area contributed by atoms with Crippen LogP contribution < -0.4 is 15.8 Å². The minimum Gasteiger partial charge on any atom is -0.492 e. The quantitative estimate of drug-likeness (QED) is 0.637. The largest absolute Gasteiger partial charge is 0.492 e. The highest BCUT2D eigenvalue weighted by atomic mass is 35.5. The highest BCUT2D eigenvalue weighted by Crippen LogP contribution is 2.15. The number of hydrogen-bond donors (Lipinski definition) is 2. The summed E-state index contributed by atoms with van der Waals surface area (Å²) in [6, 6.07) is 5.36. The molecular formula is C13H21ClN2O5S. The molecule has 1 amide bonds. The van der Waals surface area contributed by atoms with Crippen LogP contribution in [0.2, 0.25) is 0 Å². The van der Waals surface area contributed by atoms with Gasteiger partial charge in [-0.2, -0.15) is 0 Å². The number of sulfone groups is 1. The molecule has 0 aliphatic heterocycles. The number of methoxy groups -OCH3 is 1. The Bertz CT molecular complexity index is 562. The van der Waals surface area contributed by atoms with Crippen molar-refractivity contribution in [1.29, 1.82) is 0 Å². The second kappa shape index (κ2) is 9.62. The fraction of sp³-hybridized carbons (Fsp3) is 0.462. The van der Waals surface area contributed by atoms with Gasteiger partial charge in [0, 0.05) is 13.4 Å². The molecule has 1 aromatic carbocycles. The number of rotatable bonds is 8. The van der Waals surface area contributed by atoms with Gasteiger partial charge in [-0.05, 0) is 24.3 Å². The van der Waals surface area contributed by atoms with Crippen LogP contribution in [-0.4, -0.2) is 53.5 Å². The van der Waals surface area contributed by atoms with Gasteiger partial charge in [-0.1, -0.05) is 0 Å². The van der Waals surface area contributed by atoms with E-state index in [1.165, 1.54) is 19.2 Å². The zero-order chi connectivity index (χ0) is 15.9. The fourth-order valence-corrected chi connectivity index (χ4v) is 2.14. The zero-order valence-electron chi connectivity index (χ0n) is 12.4. The van der Waals surface area contributed by atoms with E-state index in [0.29, 0.717) is 12.3 Å². The third-order valence-corrected chi connectivity index (χ3v) is 3.73. The van der Waals surface area contributed by atoms with E-state index in [0.717, 1.165) is 6.26 Å². The molecule has 0 bridgehead atoms. The van der Waals surface area contributed by atoms with Crippen LogP contribution in [0.25, 0.3) is 0 Å². The zero-order valence-corrected chi connectivity index (χ0v) is 14.1. The molecule has 126 valence electrons. The van der Waals surface area contributed by atoms with Crippen LogP contribution in [0.4, 0.5) is 0 Å². The summed E-state index contributed by atoms with van der Waals surface area (Å²) in [4.78, 5) is 11.7. The van der Waals surface area contributed by atoms with Crippen molar-refractivity contribution in [1.82, 2.24) is 5.32 Å². The maximum atomic E-state index is 11.5. The molecule has 0 aliphatic carbocycles. The van der Waals surface area contributed by atoms with Crippen molar-refractivity contribution < 1.29 is 22.7 Å². The molecule has 0 aliphatic rings. The smallest absolute Gasteiger partial charge is 0.239 e. The Kier molecular flexibility index (Phi) is 9.03. The minimum absolute atomic E-state index is 0. The summed E-state index contributed by atoms with van der Waals surface area (Å²) in [7, 11) is -1.74. The van der Waals surface area contributed by atoms with Crippen molar-refractivity contribution in [3.63, 3.8) is 0 Å². The first-order valence-electron chi connectivity index (χ1n) is 6.29. The van der Waals surface area contributed by atoms with Gasteiger partial charge in [0.1, 0.15) is 18.4 Å². The van der Waals surface area contributed by atoms with Gasteiger partial charge < -0.3 is 20.5 Å². The van der Waals surface area contributed by atoms with Gasteiger partial charge in [0.15, 0.2) is 9.84 Å². The predicted octanol–water partition coefficient (Wildman–Crippen LogP) is -0.0194. The Morgan fingerprint density at radius 1 is 1.32 bits per heavy atom. The van der Waals surface area contributed by atoms with Gasteiger partial charge in [-0.15, -0.1) is 12.4 Å². The van der Waals surface area contributed by atoms with Crippen LogP contribution >= 0.6 is 12.4 Å². The molecule has 0 radical (unpaired) electrons. The Labute approximate surface area is 136 Å². The van der Waals surface area contributed by atoms with Crippen molar-refractivity contribution in [3.05, 3.63) is 24.3 Å². The van der Waals surface area contributed by atoms with Gasteiger partial charge in [-0.3, -0.25) is 4.79 Å². The molecule has 0 aromatic heterocycles. The van der Waals surface area contributed by atoms with E-state index in [4.69, 9.17) is 15.2 Å². The number of carbonyl (C=O) groups excluding carboxylic acids is 1. The van der Waals surface area contributed by atoms with Crippen molar-refractivity contribution >= 4 is 28.2 Å². The third-order valence-electron chi connectivity index (χ3n) is 2.60. The summed E-state index contributed by atoms with van der Waals surface area (Å²) >= 11 is 0. The Morgan fingerprint density at radius 2 is 1.91 bits per heavy atom. The molecule has 0 saturated carbocycles.